The molecule has 0 saturated carbocycles. The standard InChI is InChI=1S/C15H21N3O2/c19-14(20)18-10-5-15(6-11-18)3-8-17(9-4-15)13-2-1-7-16-12-13/h1-2,7,12H,3-6,8-11H2,(H,19,20). The van der Waals surface area contributed by atoms with Gasteiger partial charge in [-0.2, -0.15) is 0 Å². The molecule has 2 aliphatic rings. The summed E-state index contributed by atoms with van der Waals surface area (Å²) < 4.78 is 0. The first-order valence-electron chi connectivity index (χ1n) is 7.31. The summed E-state index contributed by atoms with van der Waals surface area (Å²) in [6.07, 6.45) is 7.31. The van der Waals surface area contributed by atoms with Crippen molar-refractivity contribution in [2.24, 2.45) is 5.41 Å². The zero-order valence-electron chi connectivity index (χ0n) is 11.7. The van der Waals surface area contributed by atoms with Crippen LogP contribution in [0.1, 0.15) is 25.7 Å². The molecule has 108 valence electrons. The van der Waals surface area contributed by atoms with Crippen molar-refractivity contribution in [3.8, 4) is 0 Å². The molecule has 1 aromatic heterocycles. The highest BCUT2D eigenvalue weighted by Crippen LogP contribution is 2.41. The Morgan fingerprint density at radius 1 is 1.15 bits per heavy atom. The van der Waals surface area contributed by atoms with Gasteiger partial charge in [-0.25, -0.2) is 4.79 Å². The molecular formula is C15H21N3O2. The van der Waals surface area contributed by atoms with Crippen molar-refractivity contribution in [3.63, 3.8) is 0 Å². The molecule has 1 aromatic rings. The number of piperidine rings is 2. The van der Waals surface area contributed by atoms with Gasteiger partial charge < -0.3 is 14.9 Å². The van der Waals surface area contributed by atoms with Gasteiger partial charge in [-0.1, -0.05) is 0 Å². The Morgan fingerprint density at radius 3 is 2.35 bits per heavy atom. The second kappa shape index (κ2) is 5.31. The van der Waals surface area contributed by atoms with E-state index >= 15 is 0 Å². The lowest BCUT2D eigenvalue weighted by molar-refractivity contribution is 0.0736. The Balaban J connectivity index is 1.58. The number of amides is 1. The molecule has 20 heavy (non-hydrogen) atoms. The van der Waals surface area contributed by atoms with Crippen molar-refractivity contribution in [3.05, 3.63) is 24.5 Å². The highest BCUT2D eigenvalue weighted by atomic mass is 16.4. The monoisotopic (exact) mass is 275 g/mol. The lowest BCUT2D eigenvalue weighted by atomic mass is 9.71. The van der Waals surface area contributed by atoms with Gasteiger partial charge in [-0.05, 0) is 43.2 Å². The van der Waals surface area contributed by atoms with Crippen LogP contribution in [0.5, 0.6) is 0 Å². The SMILES string of the molecule is O=C(O)N1CCC2(CC1)CCN(c1cccnc1)CC2. The molecule has 3 heterocycles. The predicted molar refractivity (Wildman–Crippen MR) is 76.9 cm³/mol. The summed E-state index contributed by atoms with van der Waals surface area (Å²) in [7, 11) is 0. The fourth-order valence-corrected chi connectivity index (χ4v) is 3.45. The van der Waals surface area contributed by atoms with Crippen LogP contribution >= 0.6 is 0 Å². The topological polar surface area (TPSA) is 56.7 Å². The second-order valence-corrected chi connectivity index (χ2v) is 5.97. The Morgan fingerprint density at radius 2 is 1.80 bits per heavy atom. The van der Waals surface area contributed by atoms with Gasteiger partial charge in [0.05, 0.1) is 11.9 Å². The largest absolute Gasteiger partial charge is 0.465 e. The van der Waals surface area contributed by atoms with Crippen LogP contribution in [0, 0.1) is 5.41 Å². The van der Waals surface area contributed by atoms with Crippen molar-refractivity contribution in [1.29, 1.82) is 0 Å². The zero-order valence-corrected chi connectivity index (χ0v) is 11.7. The van der Waals surface area contributed by atoms with Gasteiger partial charge in [0.25, 0.3) is 0 Å². The van der Waals surface area contributed by atoms with Crippen LogP contribution in [0.25, 0.3) is 0 Å². The number of hydrogen-bond donors (Lipinski definition) is 1. The smallest absolute Gasteiger partial charge is 0.407 e. The Labute approximate surface area is 119 Å². The van der Waals surface area contributed by atoms with Crippen molar-refractivity contribution < 1.29 is 9.90 Å². The molecular weight excluding hydrogens is 254 g/mol. The predicted octanol–water partition coefficient (Wildman–Crippen LogP) is 2.44. The number of rotatable bonds is 1. The number of aromatic nitrogens is 1. The molecule has 3 rings (SSSR count). The third-order valence-electron chi connectivity index (χ3n) is 4.93. The first kappa shape index (κ1) is 13.2. The fraction of sp³-hybridized carbons (Fsp3) is 0.600. The number of likely N-dealkylation sites (tertiary alicyclic amines) is 1. The fourth-order valence-electron chi connectivity index (χ4n) is 3.45. The van der Waals surface area contributed by atoms with Crippen molar-refractivity contribution in [1.82, 2.24) is 9.88 Å². The molecule has 2 fully saturated rings. The average molecular weight is 275 g/mol. The van der Waals surface area contributed by atoms with E-state index in [1.54, 1.807) is 11.1 Å². The molecule has 2 saturated heterocycles. The maximum atomic E-state index is 11.0. The molecule has 0 radical (unpaired) electrons. The van der Waals surface area contributed by atoms with Crippen LogP contribution in [0.15, 0.2) is 24.5 Å². The van der Waals surface area contributed by atoms with E-state index in [1.165, 1.54) is 5.69 Å². The van der Waals surface area contributed by atoms with E-state index in [0.717, 1.165) is 38.8 Å². The summed E-state index contributed by atoms with van der Waals surface area (Å²) in [6.45, 7) is 3.50. The molecule has 0 unspecified atom stereocenters. The molecule has 2 aliphatic heterocycles. The number of carbonyl (C=O) groups is 1. The van der Waals surface area contributed by atoms with Gasteiger partial charge in [0, 0.05) is 32.4 Å². The van der Waals surface area contributed by atoms with Gasteiger partial charge >= 0.3 is 6.09 Å². The number of carboxylic acid groups (broad SMARTS) is 1. The lowest BCUT2D eigenvalue weighted by Gasteiger charge is -2.46. The second-order valence-electron chi connectivity index (χ2n) is 5.97. The number of nitrogens with zero attached hydrogens (tertiary/aromatic N) is 3. The minimum absolute atomic E-state index is 0.366. The lowest BCUT2D eigenvalue weighted by Crippen LogP contribution is -2.48. The summed E-state index contributed by atoms with van der Waals surface area (Å²) in [5.74, 6) is 0. The van der Waals surface area contributed by atoms with E-state index in [-0.39, 0.29) is 0 Å². The van der Waals surface area contributed by atoms with Crippen molar-refractivity contribution >= 4 is 11.8 Å². The summed E-state index contributed by atoms with van der Waals surface area (Å²) in [4.78, 5) is 19.1. The van der Waals surface area contributed by atoms with E-state index in [0.29, 0.717) is 18.5 Å². The Bertz CT molecular complexity index is 459. The number of hydrogen-bond acceptors (Lipinski definition) is 3. The van der Waals surface area contributed by atoms with Crippen molar-refractivity contribution in [2.45, 2.75) is 25.7 Å². The van der Waals surface area contributed by atoms with Crippen LogP contribution in [0.2, 0.25) is 0 Å². The number of anilines is 1. The minimum atomic E-state index is -0.771. The average Bonchev–Trinajstić information content (AvgIpc) is 2.49. The summed E-state index contributed by atoms with van der Waals surface area (Å²) in [6, 6.07) is 4.09. The van der Waals surface area contributed by atoms with Crippen LogP contribution in [-0.2, 0) is 0 Å². The van der Waals surface area contributed by atoms with E-state index in [9.17, 15) is 4.79 Å². The summed E-state index contributed by atoms with van der Waals surface area (Å²) in [5, 5.41) is 9.03. The van der Waals surface area contributed by atoms with E-state index in [1.807, 2.05) is 12.3 Å². The van der Waals surface area contributed by atoms with Crippen LogP contribution in [-0.4, -0.2) is 47.3 Å². The van der Waals surface area contributed by atoms with Gasteiger partial charge in [-0.15, -0.1) is 0 Å². The summed E-state index contributed by atoms with van der Waals surface area (Å²) in [5.41, 5.74) is 1.57. The third kappa shape index (κ3) is 2.57. The maximum Gasteiger partial charge on any atom is 0.407 e. The highest BCUT2D eigenvalue weighted by molar-refractivity contribution is 5.65. The first-order valence-corrected chi connectivity index (χ1v) is 7.31. The van der Waals surface area contributed by atoms with Crippen LogP contribution in [0.4, 0.5) is 10.5 Å². The molecule has 0 atom stereocenters. The van der Waals surface area contributed by atoms with Gasteiger partial charge in [0.2, 0.25) is 0 Å². The molecule has 1 spiro atoms. The number of pyridine rings is 1. The van der Waals surface area contributed by atoms with Gasteiger partial charge in [-0.3, -0.25) is 4.98 Å². The highest BCUT2D eigenvalue weighted by Gasteiger charge is 2.38. The quantitative estimate of drug-likeness (QED) is 0.855. The molecule has 5 heteroatoms. The molecule has 0 aliphatic carbocycles. The zero-order chi connectivity index (χ0) is 14.0. The van der Waals surface area contributed by atoms with Crippen LogP contribution in [0.3, 0.4) is 0 Å². The molecule has 0 bridgehead atoms. The van der Waals surface area contributed by atoms with Crippen LogP contribution < -0.4 is 4.90 Å². The van der Waals surface area contributed by atoms with Crippen molar-refractivity contribution in [2.75, 3.05) is 31.1 Å². The minimum Gasteiger partial charge on any atom is -0.465 e. The van der Waals surface area contributed by atoms with E-state index < -0.39 is 6.09 Å². The first-order chi connectivity index (χ1) is 9.69. The molecule has 0 aromatic carbocycles. The van der Waals surface area contributed by atoms with E-state index in [4.69, 9.17) is 5.11 Å². The Kier molecular flexibility index (Phi) is 3.51. The van der Waals surface area contributed by atoms with E-state index in [2.05, 4.69) is 16.0 Å². The Hall–Kier alpha value is -1.78. The maximum absolute atomic E-state index is 11.0. The van der Waals surface area contributed by atoms with Gasteiger partial charge in [0.15, 0.2) is 0 Å². The summed E-state index contributed by atoms with van der Waals surface area (Å²) >= 11 is 0. The molecule has 5 nitrogen and oxygen atoms in total. The normalized spacial score (nSPS) is 22.0. The molecule has 1 N–H and O–H groups in total. The van der Waals surface area contributed by atoms with Gasteiger partial charge in [0.1, 0.15) is 0 Å². The molecule has 1 amide bonds. The third-order valence-corrected chi connectivity index (χ3v) is 4.93.